The van der Waals surface area contributed by atoms with Gasteiger partial charge in [0.05, 0.1) is 10.6 Å². The van der Waals surface area contributed by atoms with Crippen LogP contribution in [-0.4, -0.2) is 25.6 Å². The quantitative estimate of drug-likeness (QED) is 0.537. The second kappa shape index (κ2) is 7.78. The van der Waals surface area contributed by atoms with Gasteiger partial charge in [-0.2, -0.15) is 5.10 Å². The smallest absolute Gasteiger partial charge is 0.269 e. The summed E-state index contributed by atoms with van der Waals surface area (Å²) in [4.78, 5) is 39.2. The first-order valence-corrected chi connectivity index (χ1v) is 8.43. The lowest BCUT2D eigenvalue weighted by Gasteiger charge is -2.16. The van der Waals surface area contributed by atoms with E-state index in [2.05, 4.69) is 15.4 Å². The number of anilines is 1. The molecule has 2 heterocycles. The van der Waals surface area contributed by atoms with Crippen molar-refractivity contribution in [3.8, 4) is 11.3 Å². The number of non-ortho nitro benzene ring substituents is 1. The number of hydrogen-bond donors (Lipinski definition) is 1. The van der Waals surface area contributed by atoms with E-state index in [0.29, 0.717) is 16.9 Å². The summed E-state index contributed by atoms with van der Waals surface area (Å²) in [5, 5.41) is 17.8. The third-order valence-electron chi connectivity index (χ3n) is 4.21. The fourth-order valence-corrected chi connectivity index (χ4v) is 2.62. The van der Waals surface area contributed by atoms with Gasteiger partial charge in [0.25, 0.3) is 11.2 Å². The van der Waals surface area contributed by atoms with E-state index in [4.69, 9.17) is 0 Å². The van der Waals surface area contributed by atoms with Gasteiger partial charge in [0.2, 0.25) is 5.91 Å². The Bertz CT molecular complexity index is 1090. The molecular formula is C19H17N5O4. The molecule has 0 aliphatic rings. The van der Waals surface area contributed by atoms with Gasteiger partial charge in [-0.05, 0) is 43.7 Å². The summed E-state index contributed by atoms with van der Waals surface area (Å²) < 4.78 is 1.10. The van der Waals surface area contributed by atoms with Crippen molar-refractivity contribution >= 4 is 17.3 Å². The molecule has 28 heavy (non-hydrogen) atoms. The molecule has 142 valence electrons. The monoisotopic (exact) mass is 379 g/mol. The molecule has 0 fully saturated rings. The van der Waals surface area contributed by atoms with Crippen LogP contribution in [0.2, 0.25) is 0 Å². The van der Waals surface area contributed by atoms with Crippen LogP contribution in [0.25, 0.3) is 11.3 Å². The lowest BCUT2D eigenvalue weighted by molar-refractivity contribution is -0.384. The Kier molecular flexibility index (Phi) is 5.25. The summed E-state index contributed by atoms with van der Waals surface area (Å²) in [6.45, 7) is 3.21. The van der Waals surface area contributed by atoms with Gasteiger partial charge < -0.3 is 5.32 Å². The van der Waals surface area contributed by atoms with Crippen molar-refractivity contribution in [1.29, 1.82) is 0 Å². The molecule has 1 N–H and O–H groups in total. The summed E-state index contributed by atoms with van der Waals surface area (Å²) in [6, 6.07) is 9.71. The predicted octanol–water partition coefficient (Wildman–Crippen LogP) is 2.72. The molecule has 1 amide bonds. The molecule has 0 bridgehead atoms. The van der Waals surface area contributed by atoms with E-state index in [1.165, 1.54) is 24.3 Å². The number of aryl methyl sites for hydroxylation is 1. The van der Waals surface area contributed by atoms with Crippen LogP contribution < -0.4 is 10.9 Å². The zero-order valence-corrected chi connectivity index (χ0v) is 15.2. The topological polar surface area (TPSA) is 120 Å². The van der Waals surface area contributed by atoms with Crippen molar-refractivity contribution in [2.45, 2.75) is 19.9 Å². The Balaban J connectivity index is 1.86. The molecule has 0 saturated carbocycles. The molecule has 9 heteroatoms. The summed E-state index contributed by atoms with van der Waals surface area (Å²) in [7, 11) is 0. The average Bonchev–Trinajstić information content (AvgIpc) is 2.69. The van der Waals surface area contributed by atoms with Crippen LogP contribution in [0.5, 0.6) is 0 Å². The molecule has 0 radical (unpaired) electrons. The van der Waals surface area contributed by atoms with Gasteiger partial charge in [-0.25, -0.2) is 4.68 Å². The van der Waals surface area contributed by atoms with Crippen molar-refractivity contribution < 1.29 is 9.72 Å². The fraction of sp³-hybridized carbons (Fsp3) is 0.158. The standard InChI is InChI=1S/C19H17N5O4/c1-12-10-15(24(27)28)5-6-16(12)21-19(26)13(2)23-18(25)8-7-17(22-23)14-4-3-9-20-11-14/h3-11,13H,1-2H3,(H,21,26). The molecule has 0 spiro atoms. The predicted molar refractivity (Wildman–Crippen MR) is 103 cm³/mol. The van der Waals surface area contributed by atoms with Crippen molar-refractivity contribution in [2.24, 2.45) is 0 Å². The normalized spacial score (nSPS) is 11.6. The number of carbonyl (C=O) groups is 1. The van der Waals surface area contributed by atoms with Gasteiger partial charge in [0.1, 0.15) is 6.04 Å². The Morgan fingerprint density at radius 3 is 2.68 bits per heavy atom. The summed E-state index contributed by atoms with van der Waals surface area (Å²) in [6.07, 6.45) is 3.24. The van der Waals surface area contributed by atoms with Crippen molar-refractivity contribution in [3.05, 3.63) is 80.9 Å². The van der Waals surface area contributed by atoms with Crippen molar-refractivity contribution in [2.75, 3.05) is 5.32 Å². The lowest BCUT2D eigenvalue weighted by Crippen LogP contribution is -2.33. The highest BCUT2D eigenvalue weighted by Gasteiger charge is 2.19. The maximum Gasteiger partial charge on any atom is 0.269 e. The van der Waals surface area contributed by atoms with Crippen LogP contribution in [0.3, 0.4) is 0 Å². The van der Waals surface area contributed by atoms with Crippen LogP contribution >= 0.6 is 0 Å². The molecule has 9 nitrogen and oxygen atoms in total. The summed E-state index contributed by atoms with van der Waals surface area (Å²) >= 11 is 0. The van der Waals surface area contributed by atoms with Crippen LogP contribution in [-0.2, 0) is 4.79 Å². The SMILES string of the molecule is Cc1cc([N+](=O)[O-])ccc1NC(=O)C(C)n1nc(-c2cccnc2)ccc1=O. The summed E-state index contributed by atoms with van der Waals surface area (Å²) in [5.41, 5.74) is 1.72. The number of nitrogens with zero attached hydrogens (tertiary/aromatic N) is 4. The zero-order chi connectivity index (χ0) is 20.3. The number of rotatable bonds is 5. The first kappa shape index (κ1) is 18.9. The molecular weight excluding hydrogens is 362 g/mol. The van der Waals surface area contributed by atoms with Gasteiger partial charge in [-0.1, -0.05) is 0 Å². The third kappa shape index (κ3) is 3.93. The Morgan fingerprint density at radius 1 is 1.25 bits per heavy atom. The average molecular weight is 379 g/mol. The minimum absolute atomic E-state index is 0.0643. The Morgan fingerprint density at radius 2 is 2.04 bits per heavy atom. The first-order chi connectivity index (χ1) is 13.4. The van der Waals surface area contributed by atoms with Gasteiger partial charge in [-0.15, -0.1) is 0 Å². The van der Waals surface area contributed by atoms with Crippen LogP contribution in [0.1, 0.15) is 18.5 Å². The van der Waals surface area contributed by atoms with Crippen LogP contribution in [0, 0.1) is 17.0 Å². The highest BCUT2D eigenvalue weighted by atomic mass is 16.6. The Labute approximate surface area is 159 Å². The van der Waals surface area contributed by atoms with Gasteiger partial charge >= 0.3 is 0 Å². The number of amides is 1. The first-order valence-electron chi connectivity index (χ1n) is 8.43. The van der Waals surface area contributed by atoms with Crippen molar-refractivity contribution in [1.82, 2.24) is 14.8 Å². The van der Waals surface area contributed by atoms with Gasteiger partial charge in [0.15, 0.2) is 0 Å². The highest BCUT2D eigenvalue weighted by molar-refractivity contribution is 5.94. The molecule has 0 aliphatic carbocycles. The molecule has 0 aliphatic heterocycles. The molecule has 1 unspecified atom stereocenters. The summed E-state index contributed by atoms with van der Waals surface area (Å²) in [5.74, 6) is -0.463. The highest BCUT2D eigenvalue weighted by Crippen LogP contribution is 2.22. The van der Waals surface area contributed by atoms with E-state index >= 15 is 0 Å². The molecule has 1 aromatic carbocycles. The third-order valence-corrected chi connectivity index (χ3v) is 4.21. The number of pyridine rings is 1. The van der Waals surface area contributed by atoms with Crippen molar-refractivity contribution in [3.63, 3.8) is 0 Å². The number of aromatic nitrogens is 3. The minimum atomic E-state index is -0.890. The number of benzene rings is 1. The van der Waals surface area contributed by atoms with Gasteiger partial charge in [-0.3, -0.25) is 24.7 Å². The van der Waals surface area contributed by atoms with E-state index in [0.717, 1.165) is 10.2 Å². The zero-order valence-electron chi connectivity index (χ0n) is 15.2. The van der Waals surface area contributed by atoms with E-state index in [1.54, 1.807) is 44.4 Å². The number of nitro benzene ring substituents is 1. The Hall–Kier alpha value is -3.88. The van der Waals surface area contributed by atoms with Crippen LogP contribution in [0.4, 0.5) is 11.4 Å². The van der Waals surface area contributed by atoms with Gasteiger partial charge in [0, 0.05) is 41.8 Å². The molecule has 2 aromatic heterocycles. The number of nitrogens with one attached hydrogen (secondary N) is 1. The minimum Gasteiger partial charge on any atom is -0.324 e. The fourth-order valence-electron chi connectivity index (χ4n) is 2.62. The largest absolute Gasteiger partial charge is 0.324 e. The lowest BCUT2D eigenvalue weighted by atomic mass is 10.1. The van der Waals surface area contributed by atoms with E-state index in [-0.39, 0.29) is 5.69 Å². The molecule has 3 rings (SSSR count). The number of nitro groups is 1. The maximum absolute atomic E-state index is 12.6. The molecule has 3 aromatic rings. The van der Waals surface area contributed by atoms with E-state index in [9.17, 15) is 19.7 Å². The second-order valence-corrected chi connectivity index (χ2v) is 6.16. The second-order valence-electron chi connectivity index (χ2n) is 6.16. The molecule has 1 atom stereocenters. The van der Waals surface area contributed by atoms with E-state index < -0.39 is 22.4 Å². The van der Waals surface area contributed by atoms with Crippen LogP contribution in [0.15, 0.2) is 59.7 Å². The number of carbonyl (C=O) groups excluding carboxylic acids is 1. The number of hydrogen-bond acceptors (Lipinski definition) is 6. The van der Waals surface area contributed by atoms with E-state index in [1.807, 2.05) is 0 Å². The molecule has 0 saturated heterocycles. The maximum atomic E-state index is 12.6.